The average molecular weight is 705 g/mol. The fraction of sp³-hybridized carbons (Fsp3) is 0.750. The van der Waals surface area contributed by atoms with Crippen molar-refractivity contribution in [1.82, 2.24) is 0 Å². The molecule has 0 saturated carbocycles. The molecule has 0 aliphatic carbocycles. The maximum atomic E-state index is 12.7. The van der Waals surface area contributed by atoms with Crippen molar-refractivity contribution >= 4 is 81.8 Å². The fourth-order valence-corrected chi connectivity index (χ4v) is 72.9. The van der Waals surface area contributed by atoms with Crippen molar-refractivity contribution in [3.63, 3.8) is 0 Å². The van der Waals surface area contributed by atoms with Crippen LogP contribution in [0.4, 0.5) is 0 Å². The van der Waals surface area contributed by atoms with Crippen molar-refractivity contribution in [3.05, 3.63) is 12.2 Å². The van der Waals surface area contributed by atoms with Crippen molar-refractivity contribution in [2.75, 3.05) is 43.8 Å². The van der Waals surface area contributed by atoms with Gasteiger partial charge in [0.05, 0.1) is 0 Å². The van der Waals surface area contributed by atoms with E-state index in [4.69, 9.17) is 13.0 Å². The van der Waals surface area contributed by atoms with E-state index >= 15 is 0 Å². The summed E-state index contributed by atoms with van der Waals surface area (Å²) in [6, 6.07) is 0. The second-order valence-electron chi connectivity index (χ2n) is 8.33. The lowest BCUT2D eigenvalue weighted by Crippen LogP contribution is -2.72. The van der Waals surface area contributed by atoms with Gasteiger partial charge in [-0.05, 0) is 13.5 Å². The molecule has 0 rings (SSSR count). The second-order valence-corrected chi connectivity index (χ2v) is 52.1. The average Bonchev–Trinajstić information content (AvgIpc) is 2.55. The van der Waals surface area contributed by atoms with Crippen LogP contribution in [0.2, 0.25) is 6.55 Å². The molecule has 0 fully saturated rings. The Hall–Kier alpha value is -0.519. The molecule has 0 aliphatic heterocycles. The van der Waals surface area contributed by atoms with E-state index in [2.05, 4.69) is 6.58 Å². The van der Waals surface area contributed by atoms with Gasteiger partial charge in [-0.3, -0.25) is 0 Å². The summed E-state index contributed by atoms with van der Waals surface area (Å²) in [6.07, 6.45) is -0.318. The van der Waals surface area contributed by atoms with Crippen LogP contribution in [0.5, 0.6) is 0 Å². The molecule has 25 heteroatoms. The van der Waals surface area contributed by atoms with Gasteiger partial charge in [-0.1, -0.05) is 6.58 Å². The zero-order valence-corrected chi connectivity index (χ0v) is 28.8. The molecule has 0 aromatic rings. The van der Waals surface area contributed by atoms with Crippen molar-refractivity contribution in [3.8, 4) is 0 Å². The molecule has 0 unspecified atom stereocenters. The number of carbonyl (C=O) groups excluding carboxylic acids is 1. The van der Waals surface area contributed by atoms with E-state index in [9.17, 15) is 55.3 Å². The van der Waals surface area contributed by atoms with E-state index in [1.54, 1.807) is 0 Å². The molecule has 0 atom stereocenters. The first kappa shape index (κ1) is 36.5. The molecule has 0 aliphatic rings. The second kappa shape index (κ2) is 10.5. The van der Waals surface area contributed by atoms with E-state index in [-0.39, 0.29) is 43.1 Å². The van der Waals surface area contributed by atoms with Gasteiger partial charge < -0.3 is 13.0 Å². The topological polar surface area (TPSA) is 250 Å². The minimum absolute atomic E-state index is 0.185. The highest BCUT2D eigenvalue weighted by molar-refractivity contribution is 8.73. The first-order chi connectivity index (χ1) is 15.7. The van der Waals surface area contributed by atoms with Gasteiger partial charge in [-0.15, -0.1) is 0 Å². The quantitative estimate of drug-likeness (QED) is 0.104. The highest BCUT2D eigenvalue weighted by Crippen LogP contribution is 2.35. The number of rotatable bonds is 13. The summed E-state index contributed by atoms with van der Waals surface area (Å²) < 4.78 is 168. The molecule has 220 valence electrons. The maximum Gasteiger partial charge on any atom is 0.570 e. The van der Waals surface area contributed by atoms with Gasteiger partial charge in [-0.2, -0.15) is 0 Å². The van der Waals surface area contributed by atoms with E-state index in [0.29, 0.717) is 6.55 Å². The first-order valence-electron chi connectivity index (χ1n) is 9.14. The standard InChI is InChI=1S/C12H28O16S6Si3/c1-11(2)12(13)26-10-35(9,27-36(29(3,14)15,30(4,16)17)31(5,18)19)28-37(32(6,20)21,33(7,22)23)34(8,24)25/h1,10H2,2-9H3. The molecule has 0 radical (unpaired) electrons. The molecule has 0 N–H and O–H groups in total. The van der Waals surface area contributed by atoms with Crippen LogP contribution < -0.4 is 0 Å². The van der Waals surface area contributed by atoms with Crippen molar-refractivity contribution in [1.29, 1.82) is 0 Å². The van der Waals surface area contributed by atoms with Gasteiger partial charge in [0.1, 0.15) is 6.23 Å². The van der Waals surface area contributed by atoms with Crippen LogP contribution in [0.1, 0.15) is 6.92 Å². The number of hydrogen-bond donors (Lipinski definition) is 0. The SMILES string of the molecule is C=C(C)C(=O)OC[Si](C)(O[Si](S(C)(=O)=O)(S(C)(=O)=O)S(C)(=O)=O)O[Si](S(C)(=O)=O)(S(C)(=O)=O)S(C)(=O)=O. The Morgan fingerprint density at radius 1 is 0.595 bits per heavy atom. The smallest absolute Gasteiger partial charge is 0.460 e. The van der Waals surface area contributed by atoms with E-state index < -0.39 is 88.0 Å². The molecule has 0 aromatic heterocycles. The number of hydrogen-bond acceptors (Lipinski definition) is 16. The highest BCUT2D eigenvalue weighted by atomic mass is 32.8. The summed E-state index contributed by atoms with van der Waals surface area (Å²) in [5.41, 5.74) is -0.313. The van der Waals surface area contributed by atoms with Gasteiger partial charge >= 0.3 is 26.1 Å². The van der Waals surface area contributed by atoms with Crippen LogP contribution in [-0.4, -0.2) is 120 Å². The Kier molecular flexibility index (Phi) is 10.3. The predicted octanol–water partition coefficient (Wildman–Crippen LogP) is -3.11. The summed E-state index contributed by atoms with van der Waals surface area (Å²) in [7, 11) is -37.1. The first-order valence-corrected chi connectivity index (χ1v) is 31.2. The predicted molar refractivity (Wildman–Crippen MR) is 140 cm³/mol. The normalized spacial score (nSPS) is 15.2. The number of esters is 1. The molecule has 0 aromatic carbocycles. The summed E-state index contributed by atoms with van der Waals surface area (Å²) >= 11 is 0. The third-order valence-electron chi connectivity index (χ3n) is 4.22. The van der Waals surface area contributed by atoms with Gasteiger partial charge in [0, 0.05) is 43.1 Å². The van der Waals surface area contributed by atoms with Crippen molar-refractivity contribution < 1.29 is 68.3 Å². The molecule has 37 heavy (non-hydrogen) atoms. The van der Waals surface area contributed by atoms with Gasteiger partial charge in [-0.25, -0.2) is 55.3 Å². The van der Waals surface area contributed by atoms with Gasteiger partial charge in [0.25, 0.3) is 0 Å². The highest BCUT2D eigenvalue weighted by Gasteiger charge is 2.75. The molecule has 0 heterocycles. The van der Waals surface area contributed by atoms with E-state index in [0.717, 1.165) is 6.92 Å². The third kappa shape index (κ3) is 6.98. The lowest BCUT2D eigenvalue weighted by atomic mass is 10.4. The zero-order valence-electron chi connectivity index (χ0n) is 20.9. The largest absolute Gasteiger partial charge is 0.570 e. The Morgan fingerprint density at radius 3 is 0.973 bits per heavy atom. The van der Waals surface area contributed by atoms with Gasteiger partial charge in [0.15, 0.2) is 55.7 Å². The summed E-state index contributed by atoms with van der Waals surface area (Å²) in [4.78, 5) is 12.0. The minimum atomic E-state index is -6.33. The van der Waals surface area contributed by atoms with Crippen molar-refractivity contribution in [2.45, 2.75) is 13.5 Å². The van der Waals surface area contributed by atoms with Crippen LogP contribution in [0.15, 0.2) is 12.2 Å². The molecular formula is C12H28O16S6Si3. The monoisotopic (exact) mass is 704 g/mol. The fourth-order valence-electron chi connectivity index (χ4n) is 3.03. The van der Waals surface area contributed by atoms with Crippen LogP contribution in [0, 0.1) is 0 Å². The maximum absolute atomic E-state index is 12.7. The van der Waals surface area contributed by atoms with E-state index in [1.807, 2.05) is 0 Å². The number of ether oxygens (including phenoxy) is 1. The lowest BCUT2D eigenvalue weighted by Gasteiger charge is -2.38. The third-order valence-corrected chi connectivity index (χ3v) is 69.3. The Balaban J connectivity index is 8.03. The van der Waals surface area contributed by atoms with Crippen LogP contribution in [0.25, 0.3) is 0 Å². The number of carbonyl (C=O) groups is 1. The zero-order chi connectivity index (χ0) is 30.5. The molecule has 16 nitrogen and oxygen atoms in total. The molecule has 0 spiro atoms. The van der Waals surface area contributed by atoms with Crippen molar-refractivity contribution in [2.24, 2.45) is 0 Å². The molecule has 0 amide bonds. The molecular weight excluding hydrogens is 677 g/mol. The van der Waals surface area contributed by atoms with E-state index in [1.165, 1.54) is 0 Å². The van der Waals surface area contributed by atoms with Gasteiger partial charge in [0.2, 0.25) is 0 Å². The molecule has 0 saturated heterocycles. The Labute approximate surface area is 218 Å². The summed E-state index contributed by atoms with van der Waals surface area (Å²) in [5, 5.41) is 0. The Bertz CT molecular complexity index is 1360. The molecule has 0 bridgehead atoms. The van der Waals surface area contributed by atoms with Crippen LogP contribution >= 0.6 is 0 Å². The lowest BCUT2D eigenvalue weighted by molar-refractivity contribution is -0.137. The van der Waals surface area contributed by atoms with Crippen LogP contribution in [0.3, 0.4) is 0 Å². The minimum Gasteiger partial charge on any atom is -0.460 e. The van der Waals surface area contributed by atoms with Crippen LogP contribution in [-0.2, 0) is 73.5 Å². The summed E-state index contributed by atoms with van der Waals surface area (Å²) in [5.74, 6) is -13.9. The summed E-state index contributed by atoms with van der Waals surface area (Å²) in [6.45, 7) is 4.94. The Morgan fingerprint density at radius 2 is 0.811 bits per heavy atom.